The van der Waals surface area contributed by atoms with Gasteiger partial charge >= 0.3 is 0 Å². The molecule has 3 saturated carbocycles. The van der Waals surface area contributed by atoms with Gasteiger partial charge in [0.1, 0.15) is 11.3 Å². The molecule has 6 unspecified atom stereocenters. The quantitative estimate of drug-likeness (QED) is 0.708. The standard InChI is InChI=1S/C27H39N5O/c28-23-3-2-7-31(16-23)8-6-24-17-32-25(4-1-5-26(32)30-24)27(33)29-15-20-10-18-9-19-12-21(11-18)22(13-19)14-20/h1,4-5,17-23H,2-3,6-16,28H2,(H,29,33). The van der Waals surface area contributed by atoms with E-state index in [9.17, 15) is 4.79 Å². The molecule has 2 aromatic heterocycles. The maximum Gasteiger partial charge on any atom is 0.268 e. The van der Waals surface area contributed by atoms with Crippen molar-refractivity contribution < 1.29 is 4.79 Å². The molecule has 6 nitrogen and oxygen atoms in total. The van der Waals surface area contributed by atoms with E-state index in [0.717, 1.165) is 74.0 Å². The van der Waals surface area contributed by atoms with Crippen molar-refractivity contribution in [2.75, 3.05) is 26.2 Å². The van der Waals surface area contributed by atoms with Crippen LogP contribution in [-0.2, 0) is 6.42 Å². The number of imidazole rings is 1. The molecule has 0 radical (unpaired) electrons. The number of hydrogen-bond acceptors (Lipinski definition) is 4. The Hall–Kier alpha value is -1.92. The summed E-state index contributed by atoms with van der Waals surface area (Å²) in [5.74, 6) is 4.48. The van der Waals surface area contributed by atoms with Gasteiger partial charge in [-0.15, -0.1) is 0 Å². The highest BCUT2D eigenvalue weighted by atomic mass is 16.1. The monoisotopic (exact) mass is 449 g/mol. The summed E-state index contributed by atoms with van der Waals surface area (Å²) in [7, 11) is 0. The Morgan fingerprint density at radius 1 is 1.09 bits per heavy atom. The fourth-order valence-corrected chi connectivity index (χ4v) is 7.72. The van der Waals surface area contributed by atoms with E-state index in [-0.39, 0.29) is 5.91 Å². The van der Waals surface area contributed by atoms with Gasteiger partial charge in [0.15, 0.2) is 0 Å². The van der Waals surface area contributed by atoms with Crippen LogP contribution in [0.1, 0.15) is 67.5 Å². The third kappa shape index (κ3) is 4.57. The first-order valence-electron chi connectivity index (χ1n) is 13.3. The number of fused-ring (bicyclic) bond motifs is 3. The van der Waals surface area contributed by atoms with Crippen LogP contribution in [0.25, 0.3) is 5.65 Å². The number of nitrogens with one attached hydrogen (secondary N) is 1. The minimum Gasteiger partial charge on any atom is -0.350 e. The van der Waals surface area contributed by atoms with Crippen molar-refractivity contribution in [3.8, 4) is 0 Å². The zero-order chi connectivity index (χ0) is 22.4. The van der Waals surface area contributed by atoms with Crippen LogP contribution >= 0.6 is 0 Å². The lowest BCUT2D eigenvalue weighted by molar-refractivity contribution is 0.0935. The molecule has 1 amide bonds. The number of carbonyl (C=O) groups excluding carboxylic acids is 1. The lowest BCUT2D eigenvalue weighted by atomic mass is 9.78. The molecule has 1 saturated heterocycles. The van der Waals surface area contributed by atoms with Gasteiger partial charge in [0.05, 0.1) is 5.69 Å². The van der Waals surface area contributed by atoms with Crippen LogP contribution in [0.3, 0.4) is 0 Å². The summed E-state index contributed by atoms with van der Waals surface area (Å²) in [6.45, 7) is 3.89. The van der Waals surface area contributed by atoms with Crippen LogP contribution in [-0.4, -0.2) is 52.4 Å². The molecular formula is C27H39N5O. The number of rotatable bonds is 6. The molecule has 6 rings (SSSR count). The van der Waals surface area contributed by atoms with Crippen molar-refractivity contribution >= 4 is 11.6 Å². The maximum absolute atomic E-state index is 13.2. The number of piperidine rings is 1. The van der Waals surface area contributed by atoms with Crippen LogP contribution in [0.15, 0.2) is 24.4 Å². The minimum atomic E-state index is 0.0326. The first kappa shape index (κ1) is 21.6. The highest BCUT2D eigenvalue weighted by Gasteiger charge is 2.44. The van der Waals surface area contributed by atoms with Crippen molar-refractivity contribution in [2.45, 2.75) is 63.8 Å². The molecule has 2 aromatic rings. The molecule has 178 valence electrons. The van der Waals surface area contributed by atoms with E-state index in [1.54, 1.807) is 0 Å². The van der Waals surface area contributed by atoms with Gasteiger partial charge in [-0.25, -0.2) is 4.98 Å². The van der Waals surface area contributed by atoms with Crippen molar-refractivity contribution in [3.05, 3.63) is 35.8 Å². The highest BCUT2D eigenvalue weighted by Crippen LogP contribution is 2.54. The van der Waals surface area contributed by atoms with Crippen LogP contribution < -0.4 is 11.1 Å². The third-order valence-corrected chi connectivity index (χ3v) is 9.10. The molecule has 3 N–H and O–H groups in total. The maximum atomic E-state index is 13.2. The Balaban J connectivity index is 1.09. The highest BCUT2D eigenvalue weighted by molar-refractivity contribution is 5.93. The third-order valence-electron chi connectivity index (χ3n) is 9.10. The normalized spacial score (nSPS) is 34.0. The largest absolute Gasteiger partial charge is 0.350 e. The SMILES string of the molecule is NC1CCCN(CCc2cn3c(C(=O)NCC4CC5CC6CC(C4)C(C5)C6)cccc3n2)C1. The van der Waals surface area contributed by atoms with E-state index >= 15 is 0 Å². The van der Waals surface area contributed by atoms with E-state index < -0.39 is 0 Å². The summed E-state index contributed by atoms with van der Waals surface area (Å²) in [5, 5.41) is 3.29. The number of nitrogens with two attached hydrogens (primary N) is 1. The molecule has 6 heteroatoms. The van der Waals surface area contributed by atoms with Crippen LogP contribution in [0.2, 0.25) is 0 Å². The molecule has 3 aliphatic carbocycles. The summed E-state index contributed by atoms with van der Waals surface area (Å²) in [5.41, 5.74) is 8.73. The van der Waals surface area contributed by atoms with Crippen LogP contribution in [0.4, 0.5) is 0 Å². The zero-order valence-corrected chi connectivity index (χ0v) is 19.8. The second-order valence-electron chi connectivity index (χ2n) is 11.6. The van der Waals surface area contributed by atoms with Crippen molar-refractivity contribution in [3.63, 3.8) is 0 Å². The van der Waals surface area contributed by atoms with Gasteiger partial charge in [-0.2, -0.15) is 0 Å². The summed E-state index contributed by atoms with van der Waals surface area (Å²) in [4.78, 5) is 20.4. The Labute approximate surface area is 197 Å². The Morgan fingerprint density at radius 3 is 2.76 bits per heavy atom. The number of pyridine rings is 1. The van der Waals surface area contributed by atoms with E-state index in [0.29, 0.717) is 17.7 Å². The van der Waals surface area contributed by atoms with Gasteiger partial charge < -0.3 is 16.0 Å². The number of hydrogen-bond donors (Lipinski definition) is 2. The molecular weight excluding hydrogens is 410 g/mol. The Morgan fingerprint density at radius 2 is 1.91 bits per heavy atom. The lowest BCUT2D eigenvalue weighted by Crippen LogP contribution is -2.43. The number of carbonyl (C=O) groups is 1. The predicted octanol–water partition coefficient (Wildman–Crippen LogP) is 3.49. The summed E-state index contributed by atoms with van der Waals surface area (Å²) >= 11 is 0. The number of nitrogens with zero attached hydrogens (tertiary/aromatic N) is 3. The smallest absolute Gasteiger partial charge is 0.268 e. The topological polar surface area (TPSA) is 75.7 Å². The number of aromatic nitrogens is 2. The van der Waals surface area contributed by atoms with E-state index in [2.05, 4.69) is 16.4 Å². The summed E-state index contributed by atoms with van der Waals surface area (Å²) in [6.07, 6.45) is 13.7. The molecule has 4 aliphatic rings. The molecule has 3 heterocycles. The Kier molecular flexibility index (Phi) is 5.91. The molecule has 0 aromatic carbocycles. The van der Waals surface area contributed by atoms with Crippen molar-refractivity contribution in [2.24, 2.45) is 35.3 Å². The molecule has 33 heavy (non-hydrogen) atoms. The van der Waals surface area contributed by atoms with E-state index in [1.807, 2.05) is 22.6 Å². The molecule has 0 spiro atoms. The number of amides is 1. The molecule has 1 aliphatic heterocycles. The summed E-state index contributed by atoms with van der Waals surface area (Å²) in [6, 6.07) is 6.17. The second kappa shape index (κ2) is 9.03. The summed E-state index contributed by atoms with van der Waals surface area (Å²) < 4.78 is 1.98. The second-order valence-corrected chi connectivity index (χ2v) is 11.6. The van der Waals surface area contributed by atoms with E-state index in [4.69, 9.17) is 10.7 Å². The molecule has 6 atom stereocenters. The first-order valence-corrected chi connectivity index (χ1v) is 13.3. The Bertz CT molecular complexity index is 1000. The number of likely N-dealkylation sites (tertiary alicyclic amines) is 1. The molecule has 4 fully saturated rings. The van der Waals surface area contributed by atoms with E-state index in [1.165, 1.54) is 44.9 Å². The van der Waals surface area contributed by atoms with Gasteiger partial charge in [0.2, 0.25) is 0 Å². The fourth-order valence-electron chi connectivity index (χ4n) is 7.72. The van der Waals surface area contributed by atoms with Gasteiger partial charge in [-0.1, -0.05) is 6.07 Å². The average Bonchev–Trinajstić information content (AvgIpc) is 3.31. The van der Waals surface area contributed by atoms with Crippen molar-refractivity contribution in [1.29, 1.82) is 0 Å². The first-order chi connectivity index (χ1) is 16.1. The molecule has 3 bridgehead atoms. The van der Waals surface area contributed by atoms with Crippen LogP contribution in [0, 0.1) is 29.6 Å². The van der Waals surface area contributed by atoms with Gasteiger partial charge in [-0.3, -0.25) is 9.20 Å². The average molecular weight is 450 g/mol. The van der Waals surface area contributed by atoms with Crippen LogP contribution in [0.5, 0.6) is 0 Å². The van der Waals surface area contributed by atoms with Gasteiger partial charge in [0.25, 0.3) is 5.91 Å². The van der Waals surface area contributed by atoms with Gasteiger partial charge in [0, 0.05) is 38.3 Å². The lowest BCUT2D eigenvalue weighted by Gasteiger charge is -2.30. The van der Waals surface area contributed by atoms with Crippen molar-refractivity contribution in [1.82, 2.24) is 19.6 Å². The van der Waals surface area contributed by atoms with Gasteiger partial charge in [-0.05, 0) is 99.6 Å². The minimum absolute atomic E-state index is 0.0326. The fraction of sp³-hybridized carbons (Fsp3) is 0.704. The zero-order valence-electron chi connectivity index (χ0n) is 19.8. The predicted molar refractivity (Wildman–Crippen MR) is 130 cm³/mol.